The van der Waals surface area contributed by atoms with Crippen LogP contribution in [0.25, 0.3) is 0 Å². The molecule has 1 aliphatic heterocycles. The summed E-state index contributed by atoms with van der Waals surface area (Å²) in [4.78, 5) is 0. The van der Waals surface area contributed by atoms with E-state index in [9.17, 15) is 8.42 Å². The van der Waals surface area contributed by atoms with Gasteiger partial charge in [0.2, 0.25) is 10.0 Å². The molecule has 0 spiro atoms. The first kappa shape index (κ1) is 15.9. The van der Waals surface area contributed by atoms with Crippen molar-refractivity contribution in [3.8, 4) is 0 Å². The topological polar surface area (TPSA) is 49.4 Å². The maximum atomic E-state index is 12.2. The third-order valence-electron chi connectivity index (χ3n) is 3.64. The summed E-state index contributed by atoms with van der Waals surface area (Å²) in [5.74, 6) is 0.294. The van der Waals surface area contributed by atoms with E-state index in [4.69, 9.17) is 0 Å². The van der Waals surface area contributed by atoms with Crippen molar-refractivity contribution in [3.05, 3.63) is 0 Å². The van der Waals surface area contributed by atoms with Gasteiger partial charge in [0, 0.05) is 19.1 Å². The van der Waals surface area contributed by atoms with Crippen molar-refractivity contribution in [1.29, 1.82) is 0 Å². The van der Waals surface area contributed by atoms with Crippen molar-refractivity contribution in [3.63, 3.8) is 0 Å². The Bertz CT molecular complexity index is 311. The molecule has 5 heteroatoms. The fourth-order valence-corrected chi connectivity index (χ4v) is 4.06. The minimum atomic E-state index is -3.05. The van der Waals surface area contributed by atoms with Crippen molar-refractivity contribution in [2.45, 2.75) is 58.4 Å². The number of piperidine rings is 1. The third kappa shape index (κ3) is 5.24. The van der Waals surface area contributed by atoms with E-state index in [2.05, 4.69) is 12.2 Å². The molecule has 1 aliphatic rings. The highest BCUT2D eigenvalue weighted by Crippen LogP contribution is 2.13. The molecular weight excluding hydrogens is 248 g/mol. The molecule has 0 bridgehead atoms. The molecule has 1 atom stereocenters. The fourth-order valence-electron chi connectivity index (χ4n) is 2.42. The fraction of sp³-hybridized carbons (Fsp3) is 1.00. The molecule has 1 saturated heterocycles. The summed E-state index contributed by atoms with van der Waals surface area (Å²) >= 11 is 0. The van der Waals surface area contributed by atoms with E-state index in [1.54, 1.807) is 4.31 Å². The summed E-state index contributed by atoms with van der Waals surface area (Å²) in [7, 11) is -3.05. The summed E-state index contributed by atoms with van der Waals surface area (Å²) in [6.45, 7) is 6.32. The molecule has 0 aromatic carbocycles. The lowest BCUT2D eigenvalue weighted by Gasteiger charge is -2.25. The van der Waals surface area contributed by atoms with Crippen LogP contribution in [-0.2, 0) is 10.0 Å². The van der Waals surface area contributed by atoms with Gasteiger partial charge in [0.15, 0.2) is 0 Å². The highest BCUT2D eigenvalue weighted by molar-refractivity contribution is 7.89. The highest BCUT2D eigenvalue weighted by Gasteiger charge is 2.22. The molecule has 18 heavy (non-hydrogen) atoms. The Kier molecular flexibility index (Phi) is 7.19. The monoisotopic (exact) mass is 276 g/mol. The van der Waals surface area contributed by atoms with E-state index in [0.29, 0.717) is 24.9 Å². The Hall–Kier alpha value is -0.130. The van der Waals surface area contributed by atoms with Crippen LogP contribution in [0.3, 0.4) is 0 Å². The molecule has 1 N–H and O–H groups in total. The summed E-state index contributed by atoms with van der Waals surface area (Å²) in [5, 5.41) is 3.41. The summed E-state index contributed by atoms with van der Waals surface area (Å²) in [6, 6.07) is 0.401. The quantitative estimate of drug-likeness (QED) is 0.737. The standard InChI is InChI=1S/C13H28N2O2S/c1-3-5-11-15(4-2)18(16,17)12-9-13-8-6-7-10-14-13/h13-14H,3-12H2,1-2H3. The lowest BCUT2D eigenvalue weighted by molar-refractivity contribution is 0.383. The average molecular weight is 276 g/mol. The lowest BCUT2D eigenvalue weighted by atomic mass is 10.0. The number of hydrogen-bond donors (Lipinski definition) is 1. The average Bonchev–Trinajstić information content (AvgIpc) is 2.38. The van der Waals surface area contributed by atoms with E-state index in [-0.39, 0.29) is 0 Å². The largest absolute Gasteiger partial charge is 0.314 e. The summed E-state index contributed by atoms with van der Waals surface area (Å²) in [6.07, 6.45) is 6.32. The maximum Gasteiger partial charge on any atom is 0.214 e. The van der Waals surface area contributed by atoms with E-state index >= 15 is 0 Å². The first-order valence-electron chi connectivity index (χ1n) is 7.31. The predicted octanol–water partition coefficient (Wildman–Crippen LogP) is 1.97. The van der Waals surface area contributed by atoms with Crippen LogP contribution in [0.2, 0.25) is 0 Å². The molecule has 0 amide bonds. The first-order valence-corrected chi connectivity index (χ1v) is 8.92. The molecule has 0 aliphatic carbocycles. The van der Waals surface area contributed by atoms with Crippen LogP contribution in [0.5, 0.6) is 0 Å². The maximum absolute atomic E-state index is 12.2. The number of nitrogens with one attached hydrogen (secondary N) is 1. The lowest BCUT2D eigenvalue weighted by Crippen LogP contribution is -2.39. The predicted molar refractivity (Wildman–Crippen MR) is 76.2 cm³/mol. The van der Waals surface area contributed by atoms with Crippen LogP contribution >= 0.6 is 0 Å². The van der Waals surface area contributed by atoms with Crippen LogP contribution in [0.4, 0.5) is 0 Å². The smallest absolute Gasteiger partial charge is 0.214 e. The van der Waals surface area contributed by atoms with Crippen molar-refractivity contribution in [2.24, 2.45) is 0 Å². The zero-order valence-corrected chi connectivity index (χ0v) is 12.6. The molecule has 0 saturated carbocycles. The SMILES string of the molecule is CCCCN(CC)S(=O)(=O)CCC1CCCCN1. The van der Waals surface area contributed by atoms with Gasteiger partial charge in [-0.1, -0.05) is 26.7 Å². The molecule has 1 heterocycles. The Morgan fingerprint density at radius 1 is 1.28 bits per heavy atom. The Morgan fingerprint density at radius 2 is 2.06 bits per heavy atom. The Labute approximate surface area is 112 Å². The minimum absolute atomic E-state index is 0.294. The third-order valence-corrected chi connectivity index (χ3v) is 5.62. The van der Waals surface area contributed by atoms with Gasteiger partial charge in [-0.3, -0.25) is 0 Å². The van der Waals surface area contributed by atoms with E-state index < -0.39 is 10.0 Å². The van der Waals surface area contributed by atoms with Gasteiger partial charge >= 0.3 is 0 Å². The van der Waals surface area contributed by atoms with Gasteiger partial charge in [-0.15, -0.1) is 0 Å². The second-order valence-electron chi connectivity index (χ2n) is 5.10. The molecular formula is C13H28N2O2S. The second-order valence-corrected chi connectivity index (χ2v) is 7.19. The number of hydrogen-bond acceptors (Lipinski definition) is 3. The van der Waals surface area contributed by atoms with Gasteiger partial charge in [-0.25, -0.2) is 12.7 Å². The van der Waals surface area contributed by atoms with Crippen LogP contribution in [-0.4, -0.2) is 44.2 Å². The highest BCUT2D eigenvalue weighted by atomic mass is 32.2. The van der Waals surface area contributed by atoms with Crippen LogP contribution in [0.15, 0.2) is 0 Å². The van der Waals surface area contributed by atoms with E-state index in [0.717, 1.165) is 32.2 Å². The number of rotatable bonds is 8. The molecule has 1 rings (SSSR count). The normalized spacial score (nSPS) is 21.4. The van der Waals surface area contributed by atoms with Gasteiger partial charge in [0.1, 0.15) is 0 Å². The van der Waals surface area contributed by atoms with Crippen molar-refractivity contribution >= 4 is 10.0 Å². The molecule has 1 fully saturated rings. The first-order chi connectivity index (χ1) is 8.60. The molecule has 1 unspecified atom stereocenters. The molecule has 0 radical (unpaired) electrons. The zero-order chi connectivity index (χ0) is 13.4. The van der Waals surface area contributed by atoms with Crippen LogP contribution in [0, 0.1) is 0 Å². The van der Waals surface area contributed by atoms with Crippen LogP contribution in [0.1, 0.15) is 52.4 Å². The molecule has 4 nitrogen and oxygen atoms in total. The second kappa shape index (κ2) is 8.12. The van der Waals surface area contributed by atoms with E-state index in [1.165, 1.54) is 12.8 Å². The number of nitrogens with zero attached hydrogens (tertiary/aromatic N) is 1. The summed E-state index contributed by atoms with van der Waals surface area (Å²) < 4.78 is 26.1. The van der Waals surface area contributed by atoms with Gasteiger partial charge in [-0.05, 0) is 32.2 Å². The van der Waals surface area contributed by atoms with Crippen LogP contribution < -0.4 is 5.32 Å². The number of sulfonamides is 1. The van der Waals surface area contributed by atoms with Gasteiger partial charge in [0.25, 0.3) is 0 Å². The van der Waals surface area contributed by atoms with Crippen molar-refractivity contribution in [2.75, 3.05) is 25.4 Å². The molecule has 108 valence electrons. The minimum Gasteiger partial charge on any atom is -0.314 e. The summed E-state index contributed by atoms with van der Waals surface area (Å²) in [5.41, 5.74) is 0. The van der Waals surface area contributed by atoms with Crippen molar-refractivity contribution < 1.29 is 8.42 Å². The van der Waals surface area contributed by atoms with Crippen molar-refractivity contribution in [1.82, 2.24) is 9.62 Å². The Balaban J connectivity index is 2.40. The molecule has 0 aromatic heterocycles. The Morgan fingerprint density at radius 3 is 2.61 bits per heavy atom. The van der Waals surface area contributed by atoms with Gasteiger partial charge in [-0.2, -0.15) is 0 Å². The molecule has 0 aromatic rings. The number of unbranched alkanes of at least 4 members (excludes halogenated alkanes) is 1. The van der Waals surface area contributed by atoms with Gasteiger partial charge < -0.3 is 5.32 Å². The van der Waals surface area contributed by atoms with Gasteiger partial charge in [0.05, 0.1) is 5.75 Å². The van der Waals surface area contributed by atoms with E-state index in [1.807, 2.05) is 6.92 Å². The zero-order valence-electron chi connectivity index (χ0n) is 11.8.